The molecule has 3 nitrogen and oxygen atoms in total. The van der Waals surface area contributed by atoms with Crippen LogP contribution >= 0.6 is 34.5 Å². The van der Waals surface area contributed by atoms with Crippen molar-refractivity contribution in [2.75, 3.05) is 5.43 Å². The summed E-state index contributed by atoms with van der Waals surface area (Å²) in [6.45, 7) is 0. The van der Waals surface area contributed by atoms with E-state index in [1.165, 1.54) is 11.3 Å². The maximum Gasteiger partial charge on any atom is 0.281 e. The number of hydrogen-bond acceptors (Lipinski definition) is 3. The van der Waals surface area contributed by atoms with Gasteiger partial charge in [0.05, 0.1) is 10.7 Å². The molecule has 6 heteroatoms. The van der Waals surface area contributed by atoms with Crippen molar-refractivity contribution in [1.82, 2.24) is 5.43 Å². The highest BCUT2D eigenvalue weighted by molar-refractivity contribution is 7.21. The molecule has 0 radical (unpaired) electrons. The average Bonchev–Trinajstić information content (AvgIpc) is 2.98. The zero-order valence-corrected chi connectivity index (χ0v) is 15.2. The number of halogens is 2. The molecule has 3 aromatic carbocycles. The zero-order valence-electron chi connectivity index (χ0n) is 12.8. The Morgan fingerprint density at radius 3 is 2.48 bits per heavy atom. The minimum absolute atomic E-state index is 0.273. The van der Waals surface area contributed by atoms with E-state index in [9.17, 15) is 4.79 Å². The topological polar surface area (TPSA) is 41.1 Å². The third-order valence-electron chi connectivity index (χ3n) is 3.89. The first kappa shape index (κ1) is 16.2. The highest BCUT2D eigenvalue weighted by atomic mass is 35.5. The van der Waals surface area contributed by atoms with Crippen LogP contribution in [0.4, 0.5) is 5.69 Å². The maximum atomic E-state index is 12.5. The van der Waals surface area contributed by atoms with Crippen molar-refractivity contribution in [2.24, 2.45) is 0 Å². The minimum Gasteiger partial charge on any atom is -0.298 e. The molecule has 2 N–H and O–H groups in total. The van der Waals surface area contributed by atoms with Crippen molar-refractivity contribution in [1.29, 1.82) is 0 Å². The number of fused-ring (bicyclic) bond motifs is 3. The van der Waals surface area contributed by atoms with E-state index in [1.807, 2.05) is 36.4 Å². The molecule has 0 saturated heterocycles. The van der Waals surface area contributed by atoms with Crippen LogP contribution in [0.25, 0.3) is 20.9 Å². The second kappa shape index (κ2) is 6.56. The Bertz CT molecular complexity index is 1090. The Hall–Kier alpha value is -2.27. The monoisotopic (exact) mass is 386 g/mol. The molecule has 0 unspecified atom stereocenters. The number of nitrogens with one attached hydrogen (secondary N) is 2. The lowest BCUT2D eigenvalue weighted by molar-refractivity contribution is 0.0967. The molecule has 0 fully saturated rings. The summed E-state index contributed by atoms with van der Waals surface area (Å²) < 4.78 is 0.986. The van der Waals surface area contributed by atoms with Gasteiger partial charge in [0.2, 0.25) is 0 Å². The molecule has 124 valence electrons. The predicted molar refractivity (Wildman–Crippen MR) is 107 cm³/mol. The van der Waals surface area contributed by atoms with E-state index in [-0.39, 0.29) is 5.91 Å². The van der Waals surface area contributed by atoms with E-state index >= 15 is 0 Å². The van der Waals surface area contributed by atoms with Crippen molar-refractivity contribution in [3.05, 3.63) is 75.6 Å². The van der Waals surface area contributed by atoms with Crippen molar-refractivity contribution < 1.29 is 4.79 Å². The fourth-order valence-corrected chi connectivity index (χ4v) is 4.29. The second-order valence-corrected chi connectivity index (χ2v) is 7.36. The van der Waals surface area contributed by atoms with E-state index in [0.717, 1.165) is 26.5 Å². The largest absolute Gasteiger partial charge is 0.298 e. The molecule has 0 atom stereocenters. The standard InChI is InChI=1S/C19H12Cl2N2OS/c20-12-6-8-13(9-7-12)22-23-19(24)18-17(21)16-14-4-2-1-3-11(14)5-10-15(16)25-18/h1-10,22H,(H,23,24). The number of rotatable bonds is 3. The van der Waals surface area contributed by atoms with Crippen molar-refractivity contribution in [2.45, 2.75) is 0 Å². The van der Waals surface area contributed by atoms with Gasteiger partial charge in [0.25, 0.3) is 5.91 Å². The third-order valence-corrected chi connectivity index (χ3v) is 5.79. The summed E-state index contributed by atoms with van der Waals surface area (Å²) in [4.78, 5) is 13.0. The molecule has 1 amide bonds. The molecular formula is C19H12Cl2N2OS. The average molecular weight is 387 g/mol. The van der Waals surface area contributed by atoms with Gasteiger partial charge in [0, 0.05) is 15.1 Å². The van der Waals surface area contributed by atoms with Crippen LogP contribution in [0.15, 0.2) is 60.7 Å². The van der Waals surface area contributed by atoms with Gasteiger partial charge in [-0.15, -0.1) is 11.3 Å². The summed E-state index contributed by atoms with van der Waals surface area (Å²) in [6.07, 6.45) is 0. The van der Waals surface area contributed by atoms with Gasteiger partial charge in [-0.25, -0.2) is 0 Å². The Morgan fingerprint density at radius 2 is 1.68 bits per heavy atom. The smallest absolute Gasteiger partial charge is 0.281 e. The van der Waals surface area contributed by atoms with E-state index < -0.39 is 0 Å². The highest BCUT2D eigenvalue weighted by Crippen LogP contribution is 2.39. The van der Waals surface area contributed by atoms with Gasteiger partial charge in [-0.05, 0) is 41.1 Å². The number of carbonyl (C=O) groups excluding carboxylic acids is 1. The van der Waals surface area contributed by atoms with Crippen LogP contribution < -0.4 is 10.9 Å². The first-order chi connectivity index (χ1) is 12.1. The van der Waals surface area contributed by atoms with Crippen LogP contribution in [0, 0.1) is 0 Å². The predicted octanol–water partition coefficient (Wildman–Crippen LogP) is 6.12. The van der Waals surface area contributed by atoms with Crippen LogP contribution in [0.2, 0.25) is 10.0 Å². The Labute approximate surface area is 158 Å². The van der Waals surface area contributed by atoms with Gasteiger partial charge in [-0.2, -0.15) is 0 Å². The molecule has 0 aliphatic heterocycles. The summed E-state index contributed by atoms with van der Waals surface area (Å²) in [5.41, 5.74) is 6.28. The van der Waals surface area contributed by atoms with Crippen LogP contribution in [0.5, 0.6) is 0 Å². The van der Waals surface area contributed by atoms with Crippen molar-refractivity contribution >= 4 is 67.0 Å². The molecular weight excluding hydrogens is 375 g/mol. The fourth-order valence-electron chi connectivity index (χ4n) is 2.70. The van der Waals surface area contributed by atoms with Gasteiger partial charge in [-0.3, -0.25) is 15.6 Å². The number of anilines is 1. The van der Waals surface area contributed by atoms with Gasteiger partial charge in [0.1, 0.15) is 4.88 Å². The van der Waals surface area contributed by atoms with E-state index in [0.29, 0.717) is 14.9 Å². The summed E-state index contributed by atoms with van der Waals surface area (Å²) in [7, 11) is 0. The normalized spacial score (nSPS) is 11.0. The molecule has 0 aliphatic carbocycles. The molecule has 0 bridgehead atoms. The number of thiophene rings is 1. The summed E-state index contributed by atoms with van der Waals surface area (Å²) >= 11 is 13.8. The molecule has 4 aromatic rings. The van der Waals surface area contributed by atoms with Crippen LogP contribution in [-0.2, 0) is 0 Å². The number of carbonyl (C=O) groups is 1. The lowest BCUT2D eigenvalue weighted by Gasteiger charge is -2.07. The lowest BCUT2D eigenvalue weighted by Crippen LogP contribution is -2.28. The number of hydrogen-bond donors (Lipinski definition) is 2. The number of hydrazine groups is 1. The molecule has 4 rings (SSSR count). The zero-order chi connectivity index (χ0) is 17.4. The molecule has 25 heavy (non-hydrogen) atoms. The van der Waals surface area contributed by atoms with Crippen molar-refractivity contribution in [3.8, 4) is 0 Å². The summed E-state index contributed by atoms with van der Waals surface area (Å²) in [6, 6.07) is 19.1. The van der Waals surface area contributed by atoms with Gasteiger partial charge >= 0.3 is 0 Å². The van der Waals surface area contributed by atoms with Crippen molar-refractivity contribution in [3.63, 3.8) is 0 Å². The minimum atomic E-state index is -0.273. The van der Waals surface area contributed by atoms with Gasteiger partial charge < -0.3 is 0 Å². The van der Waals surface area contributed by atoms with Gasteiger partial charge in [-0.1, -0.05) is 53.5 Å². The third kappa shape index (κ3) is 3.04. The number of benzene rings is 3. The maximum absolute atomic E-state index is 12.5. The quantitative estimate of drug-likeness (QED) is 0.416. The Balaban J connectivity index is 1.66. The molecule has 0 aliphatic rings. The fraction of sp³-hybridized carbons (Fsp3) is 0. The van der Waals surface area contributed by atoms with E-state index in [4.69, 9.17) is 23.2 Å². The molecule has 0 saturated carbocycles. The lowest BCUT2D eigenvalue weighted by atomic mass is 10.1. The number of amides is 1. The first-order valence-electron chi connectivity index (χ1n) is 7.55. The Kier molecular flexibility index (Phi) is 4.25. The second-order valence-electron chi connectivity index (χ2n) is 5.49. The van der Waals surface area contributed by atoms with E-state index in [2.05, 4.69) is 10.9 Å². The first-order valence-corrected chi connectivity index (χ1v) is 9.12. The summed E-state index contributed by atoms with van der Waals surface area (Å²) in [5, 5.41) is 4.18. The molecule has 0 spiro atoms. The van der Waals surface area contributed by atoms with Crippen LogP contribution in [0.3, 0.4) is 0 Å². The summed E-state index contributed by atoms with van der Waals surface area (Å²) in [5.74, 6) is -0.273. The Morgan fingerprint density at radius 1 is 0.920 bits per heavy atom. The van der Waals surface area contributed by atoms with Crippen LogP contribution in [0.1, 0.15) is 9.67 Å². The van der Waals surface area contributed by atoms with Gasteiger partial charge in [0.15, 0.2) is 0 Å². The molecule has 1 aromatic heterocycles. The molecule has 1 heterocycles. The van der Waals surface area contributed by atoms with Crippen LogP contribution in [-0.4, -0.2) is 5.91 Å². The SMILES string of the molecule is O=C(NNc1ccc(Cl)cc1)c1sc2ccc3ccccc3c2c1Cl. The highest BCUT2D eigenvalue weighted by Gasteiger charge is 2.18. The van der Waals surface area contributed by atoms with E-state index in [1.54, 1.807) is 24.3 Å².